The van der Waals surface area contributed by atoms with E-state index in [9.17, 15) is 5.11 Å². The third kappa shape index (κ3) is 3.03. The monoisotopic (exact) mass is 334 g/mol. The molecule has 0 saturated heterocycles. The first-order valence-corrected chi connectivity index (χ1v) is 7.97. The molecule has 2 N–H and O–H groups in total. The normalized spacial score (nSPS) is 23.1. The minimum Gasteiger partial charge on any atom is -0.393 e. The lowest BCUT2D eigenvalue weighted by Gasteiger charge is -2.26. The number of aliphatic hydroxyl groups excluding tert-OH is 1. The van der Waals surface area contributed by atoms with Gasteiger partial charge in [-0.25, -0.2) is 0 Å². The summed E-state index contributed by atoms with van der Waals surface area (Å²) in [4.78, 5) is 4.51. The lowest BCUT2D eigenvalue weighted by molar-refractivity contribution is 0.116. The van der Waals surface area contributed by atoms with Crippen molar-refractivity contribution in [1.82, 2.24) is 10.3 Å². The third-order valence-electron chi connectivity index (χ3n) is 4.08. The molecule has 3 rings (SSSR count). The molecular formula is C16H19BrN2O. The molecule has 1 aliphatic carbocycles. The van der Waals surface area contributed by atoms with Gasteiger partial charge >= 0.3 is 0 Å². The molecule has 1 aliphatic rings. The van der Waals surface area contributed by atoms with Crippen LogP contribution in [0.5, 0.6) is 0 Å². The summed E-state index contributed by atoms with van der Waals surface area (Å²) >= 11 is 3.58. The lowest BCUT2D eigenvalue weighted by atomic mass is 9.93. The van der Waals surface area contributed by atoms with Crippen LogP contribution in [-0.4, -0.2) is 22.2 Å². The highest BCUT2D eigenvalue weighted by atomic mass is 79.9. The largest absolute Gasteiger partial charge is 0.393 e. The maximum Gasteiger partial charge on any atom is 0.0758 e. The molecule has 4 heteroatoms. The summed E-state index contributed by atoms with van der Waals surface area (Å²) in [5, 5.41) is 14.3. The number of benzene rings is 1. The Labute approximate surface area is 127 Å². The SMILES string of the molecule is OC1CCC(NCc2ccc(Br)c3cccnc23)CC1. The molecule has 1 aromatic heterocycles. The molecule has 1 aromatic carbocycles. The van der Waals surface area contributed by atoms with Crippen molar-refractivity contribution < 1.29 is 5.11 Å². The average Bonchev–Trinajstić information content (AvgIpc) is 2.49. The maximum atomic E-state index is 9.54. The molecular weight excluding hydrogens is 316 g/mol. The fourth-order valence-corrected chi connectivity index (χ4v) is 3.33. The average molecular weight is 335 g/mol. The van der Waals surface area contributed by atoms with Crippen molar-refractivity contribution in [3.05, 3.63) is 40.5 Å². The Kier molecular flexibility index (Phi) is 4.34. The van der Waals surface area contributed by atoms with Crippen LogP contribution < -0.4 is 5.32 Å². The van der Waals surface area contributed by atoms with E-state index in [1.54, 1.807) is 0 Å². The Morgan fingerprint density at radius 1 is 1.20 bits per heavy atom. The fraction of sp³-hybridized carbons (Fsp3) is 0.438. The number of hydrogen-bond acceptors (Lipinski definition) is 3. The van der Waals surface area contributed by atoms with E-state index in [1.807, 2.05) is 12.3 Å². The van der Waals surface area contributed by atoms with E-state index in [-0.39, 0.29) is 6.10 Å². The van der Waals surface area contributed by atoms with E-state index in [4.69, 9.17) is 0 Å². The Bertz CT molecular complexity index is 594. The van der Waals surface area contributed by atoms with E-state index in [2.05, 4.69) is 44.4 Å². The van der Waals surface area contributed by atoms with Gasteiger partial charge in [-0.1, -0.05) is 28.1 Å². The smallest absolute Gasteiger partial charge is 0.0758 e. The number of rotatable bonds is 3. The number of halogens is 1. The summed E-state index contributed by atoms with van der Waals surface area (Å²) in [5.41, 5.74) is 2.29. The molecule has 0 atom stereocenters. The molecule has 1 fully saturated rings. The number of pyridine rings is 1. The lowest BCUT2D eigenvalue weighted by Crippen LogP contribution is -2.34. The summed E-state index contributed by atoms with van der Waals surface area (Å²) in [6, 6.07) is 8.79. The first-order valence-electron chi connectivity index (χ1n) is 7.17. The topological polar surface area (TPSA) is 45.1 Å². The number of nitrogens with one attached hydrogen (secondary N) is 1. The summed E-state index contributed by atoms with van der Waals surface area (Å²) in [5.74, 6) is 0. The van der Waals surface area contributed by atoms with Gasteiger partial charge in [-0.2, -0.15) is 0 Å². The molecule has 0 radical (unpaired) electrons. The molecule has 1 heterocycles. The van der Waals surface area contributed by atoms with Crippen molar-refractivity contribution in [2.45, 2.75) is 44.4 Å². The van der Waals surface area contributed by atoms with Crippen LogP contribution >= 0.6 is 15.9 Å². The van der Waals surface area contributed by atoms with Crippen LogP contribution in [0.1, 0.15) is 31.2 Å². The van der Waals surface area contributed by atoms with Gasteiger partial charge < -0.3 is 10.4 Å². The van der Waals surface area contributed by atoms with E-state index in [0.717, 1.165) is 47.6 Å². The van der Waals surface area contributed by atoms with Crippen molar-refractivity contribution in [1.29, 1.82) is 0 Å². The quantitative estimate of drug-likeness (QED) is 0.904. The van der Waals surface area contributed by atoms with Crippen LogP contribution in [0.15, 0.2) is 34.9 Å². The second kappa shape index (κ2) is 6.20. The Morgan fingerprint density at radius 3 is 2.80 bits per heavy atom. The van der Waals surface area contributed by atoms with Crippen molar-refractivity contribution >= 4 is 26.8 Å². The van der Waals surface area contributed by atoms with Crippen LogP contribution in [0, 0.1) is 0 Å². The number of fused-ring (bicyclic) bond motifs is 1. The Balaban J connectivity index is 1.73. The van der Waals surface area contributed by atoms with E-state index >= 15 is 0 Å². The predicted molar refractivity (Wildman–Crippen MR) is 84.5 cm³/mol. The van der Waals surface area contributed by atoms with Crippen molar-refractivity contribution in [2.24, 2.45) is 0 Å². The molecule has 2 aromatic rings. The van der Waals surface area contributed by atoms with Crippen molar-refractivity contribution in [3.63, 3.8) is 0 Å². The zero-order chi connectivity index (χ0) is 13.9. The van der Waals surface area contributed by atoms with Crippen LogP contribution in [0.2, 0.25) is 0 Å². The highest BCUT2D eigenvalue weighted by molar-refractivity contribution is 9.10. The van der Waals surface area contributed by atoms with Gasteiger partial charge in [0, 0.05) is 28.6 Å². The van der Waals surface area contributed by atoms with E-state index in [1.165, 1.54) is 5.56 Å². The van der Waals surface area contributed by atoms with Gasteiger partial charge in [-0.05, 0) is 43.4 Å². The molecule has 0 unspecified atom stereocenters. The summed E-state index contributed by atoms with van der Waals surface area (Å²) in [6.07, 6.45) is 5.69. The third-order valence-corrected chi connectivity index (χ3v) is 4.77. The number of hydrogen-bond donors (Lipinski definition) is 2. The van der Waals surface area contributed by atoms with Gasteiger partial charge in [-0.3, -0.25) is 4.98 Å². The standard InChI is InChI=1S/C16H19BrN2O/c17-15-8-3-11(16-14(15)2-1-9-18-16)10-19-12-4-6-13(20)7-5-12/h1-3,8-9,12-13,19-20H,4-7,10H2. The molecule has 106 valence electrons. The van der Waals surface area contributed by atoms with Crippen LogP contribution in [0.3, 0.4) is 0 Å². The van der Waals surface area contributed by atoms with Gasteiger partial charge in [-0.15, -0.1) is 0 Å². The minimum absolute atomic E-state index is 0.0942. The molecule has 0 amide bonds. The highest BCUT2D eigenvalue weighted by Crippen LogP contribution is 2.25. The van der Waals surface area contributed by atoms with Gasteiger partial charge in [0.2, 0.25) is 0 Å². The first kappa shape index (κ1) is 14.0. The highest BCUT2D eigenvalue weighted by Gasteiger charge is 2.19. The molecule has 20 heavy (non-hydrogen) atoms. The minimum atomic E-state index is -0.0942. The van der Waals surface area contributed by atoms with Crippen LogP contribution in [-0.2, 0) is 6.54 Å². The fourth-order valence-electron chi connectivity index (χ4n) is 2.87. The summed E-state index contributed by atoms with van der Waals surface area (Å²) < 4.78 is 1.09. The second-order valence-electron chi connectivity index (χ2n) is 5.49. The van der Waals surface area contributed by atoms with Crippen LogP contribution in [0.25, 0.3) is 10.9 Å². The second-order valence-corrected chi connectivity index (χ2v) is 6.35. The molecule has 0 aliphatic heterocycles. The predicted octanol–water partition coefficient (Wildman–Crippen LogP) is 3.39. The zero-order valence-corrected chi connectivity index (χ0v) is 12.9. The zero-order valence-electron chi connectivity index (χ0n) is 11.3. The molecule has 0 spiro atoms. The number of aliphatic hydroxyl groups is 1. The molecule has 1 saturated carbocycles. The van der Waals surface area contributed by atoms with Gasteiger partial charge in [0.05, 0.1) is 11.6 Å². The summed E-state index contributed by atoms with van der Waals surface area (Å²) in [7, 11) is 0. The van der Waals surface area contributed by atoms with E-state index in [0.29, 0.717) is 6.04 Å². The molecule has 3 nitrogen and oxygen atoms in total. The van der Waals surface area contributed by atoms with Crippen molar-refractivity contribution in [3.8, 4) is 0 Å². The van der Waals surface area contributed by atoms with Gasteiger partial charge in [0.1, 0.15) is 0 Å². The Morgan fingerprint density at radius 2 is 2.00 bits per heavy atom. The Hall–Kier alpha value is -0.970. The molecule has 0 bridgehead atoms. The van der Waals surface area contributed by atoms with Gasteiger partial charge in [0.15, 0.2) is 0 Å². The number of nitrogens with zero attached hydrogens (tertiary/aromatic N) is 1. The summed E-state index contributed by atoms with van der Waals surface area (Å²) in [6.45, 7) is 0.835. The van der Waals surface area contributed by atoms with Gasteiger partial charge in [0.25, 0.3) is 0 Å². The van der Waals surface area contributed by atoms with E-state index < -0.39 is 0 Å². The van der Waals surface area contributed by atoms with Crippen molar-refractivity contribution in [2.75, 3.05) is 0 Å². The maximum absolute atomic E-state index is 9.54. The van der Waals surface area contributed by atoms with Crippen LogP contribution in [0.4, 0.5) is 0 Å². The first-order chi connectivity index (χ1) is 9.74. The number of aromatic nitrogens is 1.